The fourth-order valence-electron chi connectivity index (χ4n) is 2.97. The summed E-state index contributed by atoms with van der Waals surface area (Å²) >= 11 is 0. The molecule has 4 nitrogen and oxygen atoms in total. The molecule has 0 aliphatic heterocycles. The molecule has 0 radical (unpaired) electrons. The Labute approximate surface area is 102 Å². The predicted octanol–water partition coefficient (Wildman–Crippen LogP) is 1.84. The number of hydrogen-bond acceptors (Lipinski definition) is 2. The second-order valence-corrected chi connectivity index (χ2v) is 5.13. The Morgan fingerprint density at radius 1 is 1.06 bits per heavy atom. The number of nitrogens with one attached hydrogen (secondary N) is 1. The molecule has 2 rings (SSSR count). The molecule has 0 atom stereocenters. The quantitative estimate of drug-likeness (QED) is 0.818. The summed E-state index contributed by atoms with van der Waals surface area (Å²) in [5.74, 6) is -3.13. The van der Waals surface area contributed by atoms with Crippen molar-refractivity contribution in [3.8, 4) is 0 Å². The van der Waals surface area contributed by atoms with E-state index in [2.05, 4.69) is 0 Å². The molecule has 0 saturated heterocycles. The number of aliphatic carboxylic acids is 1. The molecule has 0 unspecified atom stereocenters. The van der Waals surface area contributed by atoms with Gasteiger partial charge < -0.3 is 10.4 Å². The lowest BCUT2D eigenvalue weighted by Gasteiger charge is -2.58. The van der Waals surface area contributed by atoms with Crippen LogP contribution in [0.5, 0.6) is 0 Å². The maximum Gasteiger partial charge on any atom is 0.471 e. The van der Waals surface area contributed by atoms with E-state index in [1.54, 1.807) is 0 Å². The predicted molar refractivity (Wildman–Crippen MR) is 54.7 cm³/mol. The first-order chi connectivity index (χ1) is 8.24. The van der Waals surface area contributed by atoms with Crippen LogP contribution in [-0.4, -0.2) is 28.7 Å². The molecule has 0 aromatic rings. The number of alkyl halides is 3. The van der Waals surface area contributed by atoms with Gasteiger partial charge in [0.1, 0.15) is 0 Å². The molecule has 1 amide bonds. The van der Waals surface area contributed by atoms with Crippen LogP contribution in [0.4, 0.5) is 13.2 Å². The van der Waals surface area contributed by atoms with E-state index in [0.717, 1.165) is 0 Å². The lowest BCUT2D eigenvalue weighted by molar-refractivity contribution is -0.187. The first-order valence-electron chi connectivity index (χ1n) is 5.86. The van der Waals surface area contributed by atoms with Crippen molar-refractivity contribution in [3.05, 3.63) is 0 Å². The Hall–Kier alpha value is -1.27. The Balaban J connectivity index is 2.21. The topological polar surface area (TPSA) is 66.4 Å². The molecule has 2 fully saturated rings. The lowest BCUT2D eigenvalue weighted by Crippen LogP contribution is -2.70. The van der Waals surface area contributed by atoms with Gasteiger partial charge >= 0.3 is 18.1 Å². The van der Waals surface area contributed by atoms with Gasteiger partial charge in [0.25, 0.3) is 0 Å². The van der Waals surface area contributed by atoms with E-state index in [0.29, 0.717) is 38.5 Å². The third-order valence-corrected chi connectivity index (χ3v) is 4.35. The van der Waals surface area contributed by atoms with Crippen molar-refractivity contribution in [2.75, 3.05) is 0 Å². The number of carbonyl (C=O) groups excluding carboxylic acids is 1. The van der Waals surface area contributed by atoms with Crippen molar-refractivity contribution in [2.24, 2.45) is 5.41 Å². The zero-order valence-corrected chi connectivity index (χ0v) is 9.64. The second-order valence-electron chi connectivity index (χ2n) is 5.13. The van der Waals surface area contributed by atoms with Crippen LogP contribution in [0.25, 0.3) is 0 Å². The second kappa shape index (κ2) is 3.86. The first kappa shape index (κ1) is 13.2. The van der Waals surface area contributed by atoms with E-state index in [1.807, 2.05) is 5.32 Å². The first-order valence-corrected chi connectivity index (χ1v) is 5.86. The van der Waals surface area contributed by atoms with Crippen molar-refractivity contribution in [1.82, 2.24) is 5.32 Å². The molecular weight excluding hydrogens is 251 g/mol. The van der Waals surface area contributed by atoms with Crippen LogP contribution in [0.15, 0.2) is 0 Å². The number of carboxylic acids is 1. The van der Waals surface area contributed by atoms with Gasteiger partial charge in [-0.1, -0.05) is 6.42 Å². The molecule has 0 heterocycles. The molecule has 2 aliphatic carbocycles. The van der Waals surface area contributed by atoms with Gasteiger partial charge in [0, 0.05) is 0 Å². The SMILES string of the molecule is O=C(NC1(C2(C(=O)O)CCC2)CCC1)C(F)(F)F. The summed E-state index contributed by atoms with van der Waals surface area (Å²) in [6.45, 7) is 0. The van der Waals surface area contributed by atoms with Crippen LogP contribution in [0.2, 0.25) is 0 Å². The summed E-state index contributed by atoms with van der Waals surface area (Å²) in [6.07, 6.45) is -2.36. The average Bonchev–Trinajstić information content (AvgIpc) is 2.08. The maximum atomic E-state index is 12.3. The van der Waals surface area contributed by atoms with Crippen LogP contribution in [-0.2, 0) is 9.59 Å². The van der Waals surface area contributed by atoms with E-state index < -0.39 is 29.0 Å². The fraction of sp³-hybridized carbons (Fsp3) is 0.818. The largest absolute Gasteiger partial charge is 0.481 e. The van der Waals surface area contributed by atoms with Gasteiger partial charge in [-0.15, -0.1) is 0 Å². The minimum absolute atomic E-state index is 0.307. The summed E-state index contributed by atoms with van der Waals surface area (Å²) in [5, 5.41) is 11.2. The molecule has 0 aromatic heterocycles. The van der Waals surface area contributed by atoms with E-state index in [1.165, 1.54) is 0 Å². The van der Waals surface area contributed by atoms with Gasteiger partial charge in [-0.3, -0.25) is 9.59 Å². The van der Waals surface area contributed by atoms with Crippen molar-refractivity contribution in [2.45, 2.75) is 50.2 Å². The van der Waals surface area contributed by atoms with Crippen LogP contribution < -0.4 is 5.32 Å². The van der Waals surface area contributed by atoms with E-state index in [9.17, 15) is 27.9 Å². The number of hydrogen-bond donors (Lipinski definition) is 2. The molecule has 0 spiro atoms. The van der Waals surface area contributed by atoms with Gasteiger partial charge in [0.05, 0.1) is 11.0 Å². The summed E-state index contributed by atoms with van der Waals surface area (Å²) in [7, 11) is 0. The minimum atomic E-state index is -4.97. The van der Waals surface area contributed by atoms with Gasteiger partial charge in [-0.25, -0.2) is 0 Å². The molecule has 0 aromatic carbocycles. The summed E-state index contributed by atoms with van der Waals surface area (Å²) in [4.78, 5) is 22.4. The van der Waals surface area contributed by atoms with E-state index >= 15 is 0 Å². The highest BCUT2D eigenvalue weighted by Gasteiger charge is 2.64. The third-order valence-electron chi connectivity index (χ3n) is 4.35. The Morgan fingerprint density at radius 2 is 1.56 bits per heavy atom. The monoisotopic (exact) mass is 265 g/mol. The number of amides is 1. The summed E-state index contributed by atoms with van der Waals surface area (Å²) < 4.78 is 36.9. The number of carbonyl (C=O) groups is 2. The zero-order valence-electron chi connectivity index (χ0n) is 9.64. The lowest BCUT2D eigenvalue weighted by atomic mass is 9.50. The van der Waals surface area contributed by atoms with Crippen molar-refractivity contribution in [1.29, 1.82) is 0 Å². The Morgan fingerprint density at radius 3 is 1.78 bits per heavy atom. The molecule has 2 N–H and O–H groups in total. The molecule has 2 aliphatic rings. The number of rotatable bonds is 3. The molecule has 7 heteroatoms. The van der Waals surface area contributed by atoms with Gasteiger partial charge in [-0.05, 0) is 32.1 Å². The van der Waals surface area contributed by atoms with Gasteiger partial charge in [0.2, 0.25) is 0 Å². The average molecular weight is 265 g/mol. The van der Waals surface area contributed by atoms with Crippen LogP contribution in [0.3, 0.4) is 0 Å². The molecule has 102 valence electrons. The number of halogens is 3. The van der Waals surface area contributed by atoms with E-state index in [-0.39, 0.29) is 0 Å². The van der Waals surface area contributed by atoms with Gasteiger partial charge in [-0.2, -0.15) is 13.2 Å². The number of carboxylic acid groups (broad SMARTS) is 1. The molecule has 18 heavy (non-hydrogen) atoms. The minimum Gasteiger partial charge on any atom is -0.481 e. The van der Waals surface area contributed by atoms with E-state index in [4.69, 9.17) is 0 Å². The van der Waals surface area contributed by atoms with Crippen molar-refractivity contribution in [3.63, 3.8) is 0 Å². The van der Waals surface area contributed by atoms with Crippen LogP contribution >= 0.6 is 0 Å². The summed E-state index contributed by atoms with van der Waals surface area (Å²) in [6, 6.07) is 0. The highest BCUT2D eigenvalue weighted by Crippen LogP contribution is 2.57. The molecule has 0 bridgehead atoms. The van der Waals surface area contributed by atoms with Crippen molar-refractivity contribution < 1.29 is 27.9 Å². The third kappa shape index (κ3) is 1.67. The highest BCUT2D eigenvalue weighted by molar-refractivity contribution is 5.85. The zero-order chi connectivity index (χ0) is 13.6. The Bertz CT molecular complexity index is 383. The van der Waals surface area contributed by atoms with Gasteiger partial charge in [0.15, 0.2) is 0 Å². The standard InChI is InChI=1S/C11H14F3NO3/c12-11(13,14)7(16)15-10(5-2-6-10)9(8(17)18)3-1-4-9/h1-6H2,(H,15,16)(H,17,18). The van der Waals surface area contributed by atoms with Crippen LogP contribution in [0.1, 0.15) is 38.5 Å². The van der Waals surface area contributed by atoms with Crippen LogP contribution in [0, 0.1) is 5.41 Å². The smallest absolute Gasteiger partial charge is 0.471 e. The molecular formula is C11H14F3NO3. The summed E-state index contributed by atoms with van der Waals surface area (Å²) in [5.41, 5.74) is -2.41. The maximum absolute atomic E-state index is 12.3. The normalized spacial score (nSPS) is 24.6. The Kier molecular flexibility index (Phi) is 2.82. The fourth-order valence-corrected chi connectivity index (χ4v) is 2.97. The van der Waals surface area contributed by atoms with Crippen molar-refractivity contribution >= 4 is 11.9 Å². The highest BCUT2D eigenvalue weighted by atomic mass is 19.4. The molecule has 2 saturated carbocycles.